The van der Waals surface area contributed by atoms with Crippen molar-refractivity contribution in [3.8, 4) is 23.0 Å². The fraction of sp³-hybridized carbons (Fsp3) is 0.0909. The maximum absolute atomic E-state index is 9.58. The molecule has 2 heterocycles. The largest absolute Gasteiger partial charge is 0.508 e. The number of hydrogen-bond acceptors (Lipinski definition) is 3. The van der Waals surface area contributed by atoms with Gasteiger partial charge in [0.25, 0.3) is 0 Å². The Kier molecular flexibility index (Phi) is 3.31. The molecule has 0 radical (unpaired) electrons. The zero-order chi connectivity index (χ0) is 18.5. The van der Waals surface area contributed by atoms with E-state index >= 15 is 0 Å². The van der Waals surface area contributed by atoms with E-state index in [4.69, 9.17) is 10.1 Å². The molecule has 0 aliphatic heterocycles. The number of phenolic OH excluding ortho intramolecular Hbond substituents is 1. The Hall–Kier alpha value is -3.60. The number of aryl methyl sites for hydroxylation is 2. The van der Waals surface area contributed by atoms with E-state index < -0.39 is 0 Å². The second-order valence-corrected chi connectivity index (χ2v) is 6.78. The minimum absolute atomic E-state index is 0.235. The predicted octanol–water partition coefficient (Wildman–Crippen LogP) is 4.89. The van der Waals surface area contributed by atoms with Crippen LogP contribution in [0.4, 0.5) is 0 Å². The summed E-state index contributed by atoms with van der Waals surface area (Å²) >= 11 is 0. The zero-order valence-corrected chi connectivity index (χ0v) is 15.1. The van der Waals surface area contributed by atoms with E-state index in [-0.39, 0.29) is 5.75 Å². The average molecular weight is 354 g/mol. The lowest BCUT2D eigenvalue weighted by atomic mass is 10.1. The van der Waals surface area contributed by atoms with Gasteiger partial charge >= 0.3 is 0 Å². The van der Waals surface area contributed by atoms with Gasteiger partial charge in [-0.15, -0.1) is 0 Å². The number of imidazole rings is 1. The SMILES string of the molecule is Cc1ccc2[nH]c(-c3nn(-c4ccc(O)cc4)c4ccccc34)nc2c1C. The van der Waals surface area contributed by atoms with Gasteiger partial charge in [-0.2, -0.15) is 5.10 Å². The third kappa shape index (κ3) is 2.39. The maximum Gasteiger partial charge on any atom is 0.159 e. The first-order chi connectivity index (χ1) is 13.1. The van der Waals surface area contributed by atoms with Gasteiger partial charge in [0.2, 0.25) is 0 Å². The topological polar surface area (TPSA) is 66.7 Å². The second kappa shape index (κ2) is 5.71. The summed E-state index contributed by atoms with van der Waals surface area (Å²) in [5.74, 6) is 0.992. The van der Waals surface area contributed by atoms with Gasteiger partial charge in [0, 0.05) is 5.39 Å². The number of H-pyrrole nitrogens is 1. The normalized spacial score (nSPS) is 11.5. The van der Waals surface area contributed by atoms with Crippen LogP contribution in [0.15, 0.2) is 60.7 Å². The number of para-hydroxylation sites is 1. The molecule has 0 amide bonds. The molecule has 0 aliphatic rings. The van der Waals surface area contributed by atoms with Crippen molar-refractivity contribution >= 4 is 21.9 Å². The average Bonchev–Trinajstić information content (AvgIpc) is 3.28. The molecule has 2 N–H and O–H groups in total. The quantitative estimate of drug-likeness (QED) is 0.474. The van der Waals surface area contributed by atoms with E-state index in [1.54, 1.807) is 12.1 Å². The third-order valence-corrected chi connectivity index (χ3v) is 5.08. The van der Waals surface area contributed by atoms with Crippen LogP contribution < -0.4 is 0 Å². The van der Waals surface area contributed by atoms with Crippen molar-refractivity contribution in [3.05, 3.63) is 71.8 Å². The number of aromatic amines is 1. The van der Waals surface area contributed by atoms with Crippen molar-refractivity contribution < 1.29 is 5.11 Å². The summed E-state index contributed by atoms with van der Waals surface area (Å²) < 4.78 is 1.88. The zero-order valence-electron chi connectivity index (χ0n) is 15.1. The van der Waals surface area contributed by atoms with Crippen molar-refractivity contribution in [2.75, 3.05) is 0 Å². The summed E-state index contributed by atoms with van der Waals surface area (Å²) in [6, 6.07) is 19.3. The molecule has 5 heteroatoms. The van der Waals surface area contributed by atoms with Crippen LogP contribution in [0.25, 0.3) is 39.1 Å². The summed E-state index contributed by atoms with van der Waals surface area (Å²) in [5, 5.41) is 15.5. The summed E-state index contributed by atoms with van der Waals surface area (Å²) in [5.41, 5.74) is 7.08. The molecule has 2 aromatic heterocycles. The molecule has 132 valence electrons. The lowest BCUT2D eigenvalue weighted by Gasteiger charge is -2.03. The van der Waals surface area contributed by atoms with Gasteiger partial charge in [0.15, 0.2) is 5.82 Å². The molecule has 0 unspecified atom stereocenters. The molecule has 0 aliphatic carbocycles. The lowest BCUT2D eigenvalue weighted by Crippen LogP contribution is -1.96. The van der Waals surface area contributed by atoms with Crippen molar-refractivity contribution in [2.24, 2.45) is 0 Å². The first-order valence-electron chi connectivity index (χ1n) is 8.85. The van der Waals surface area contributed by atoms with E-state index in [9.17, 15) is 5.11 Å². The number of nitrogens with zero attached hydrogens (tertiary/aromatic N) is 3. The lowest BCUT2D eigenvalue weighted by molar-refractivity contribution is 0.475. The number of phenols is 1. The van der Waals surface area contributed by atoms with Crippen LogP contribution >= 0.6 is 0 Å². The first-order valence-corrected chi connectivity index (χ1v) is 8.85. The van der Waals surface area contributed by atoms with Crippen LogP contribution in [0.3, 0.4) is 0 Å². The molecule has 0 saturated carbocycles. The van der Waals surface area contributed by atoms with E-state index in [0.29, 0.717) is 0 Å². The number of hydrogen-bond donors (Lipinski definition) is 2. The summed E-state index contributed by atoms with van der Waals surface area (Å²) in [7, 11) is 0. The molecule has 0 spiro atoms. The Morgan fingerprint density at radius 3 is 2.52 bits per heavy atom. The molecule has 27 heavy (non-hydrogen) atoms. The Morgan fingerprint density at radius 1 is 0.926 bits per heavy atom. The molecule has 5 rings (SSSR count). The molecule has 0 fully saturated rings. The van der Waals surface area contributed by atoms with E-state index in [2.05, 4.69) is 37.0 Å². The number of fused-ring (bicyclic) bond motifs is 2. The summed E-state index contributed by atoms with van der Waals surface area (Å²) in [6.07, 6.45) is 0. The molecule has 3 aromatic carbocycles. The summed E-state index contributed by atoms with van der Waals surface area (Å²) in [4.78, 5) is 8.26. The fourth-order valence-electron chi connectivity index (χ4n) is 3.46. The minimum atomic E-state index is 0.235. The van der Waals surface area contributed by atoms with Gasteiger partial charge in [-0.3, -0.25) is 0 Å². The third-order valence-electron chi connectivity index (χ3n) is 5.08. The highest BCUT2D eigenvalue weighted by molar-refractivity contribution is 5.94. The molecule has 0 atom stereocenters. The van der Waals surface area contributed by atoms with Gasteiger partial charge in [-0.05, 0) is 61.4 Å². The van der Waals surface area contributed by atoms with E-state index in [1.807, 2.05) is 35.0 Å². The number of rotatable bonds is 2. The Balaban J connectivity index is 1.77. The predicted molar refractivity (Wildman–Crippen MR) is 107 cm³/mol. The van der Waals surface area contributed by atoms with Crippen LogP contribution in [0, 0.1) is 13.8 Å². The van der Waals surface area contributed by atoms with Crippen molar-refractivity contribution in [3.63, 3.8) is 0 Å². The van der Waals surface area contributed by atoms with Gasteiger partial charge < -0.3 is 10.1 Å². The maximum atomic E-state index is 9.58. The van der Waals surface area contributed by atoms with Crippen molar-refractivity contribution in [1.29, 1.82) is 0 Å². The Labute approximate surface area is 155 Å². The van der Waals surface area contributed by atoms with Crippen LogP contribution in [0.2, 0.25) is 0 Å². The van der Waals surface area contributed by atoms with Crippen LogP contribution in [0.5, 0.6) is 5.75 Å². The van der Waals surface area contributed by atoms with Crippen molar-refractivity contribution in [1.82, 2.24) is 19.7 Å². The van der Waals surface area contributed by atoms with Crippen LogP contribution in [0.1, 0.15) is 11.1 Å². The van der Waals surface area contributed by atoms with Gasteiger partial charge in [-0.25, -0.2) is 9.67 Å². The molecule has 0 bridgehead atoms. The standard InChI is InChI=1S/C22H18N4O/c1-13-7-12-18-20(14(13)2)24-22(23-18)21-17-5-3-4-6-19(17)26(25-21)15-8-10-16(27)11-9-15/h3-12,27H,1-2H3,(H,23,24). The number of aromatic hydroxyl groups is 1. The monoisotopic (exact) mass is 354 g/mol. The number of benzene rings is 3. The van der Waals surface area contributed by atoms with Crippen molar-refractivity contribution in [2.45, 2.75) is 13.8 Å². The Bertz CT molecular complexity index is 1300. The Morgan fingerprint density at radius 2 is 1.70 bits per heavy atom. The molecular weight excluding hydrogens is 336 g/mol. The van der Waals surface area contributed by atoms with E-state index in [0.717, 1.165) is 39.1 Å². The number of aromatic nitrogens is 4. The molecule has 5 aromatic rings. The number of nitrogens with one attached hydrogen (secondary N) is 1. The van der Waals surface area contributed by atoms with E-state index in [1.165, 1.54) is 11.1 Å². The minimum Gasteiger partial charge on any atom is -0.508 e. The van der Waals surface area contributed by atoms with Crippen LogP contribution in [-0.2, 0) is 0 Å². The highest BCUT2D eigenvalue weighted by Crippen LogP contribution is 2.31. The molecule has 5 nitrogen and oxygen atoms in total. The fourth-order valence-corrected chi connectivity index (χ4v) is 3.46. The smallest absolute Gasteiger partial charge is 0.159 e. The molecular formula is C22H18N4O. The molecule has 0 saturated heterocycles. The van der Waals surface area contributed by atoms with Gasteiger partial charge in [0.1, 0.15) is 11.4 Å². The van der Waals surface area contributed by atoms with Gasteiger partial charge in [0.05, 0.1) is 22.2 Å². The highest BCUT2D eigenvalue weighted by Gasteiger charge is 2.17. The summed E-state index contributed by atoms with van der Waals surface area (Å²) in [6.45, 7) is 4.19. The second-order valence-electron chi connectivity index (χ2n) is 6.78. The van der Waals surface area contributed by atoms with Gasteiger partial charge in [-0.1, -0.05) is 24.3 Å². The first kappa shape index (κ1) is 15.6. The van der Waals surface area contributed by atoms with Crippen LogP contribution in [-0.4, -0.2) is 24.9 Å². The highest BCUT2D eigenvalue weighted by atomic mass is 16.3.